The quantitative estimate of drug-likeness (QED) is 0.423. The van der Waals surface area contributed by atoms with Gasteiger partial charge in [-0.05, 0) is 26.9 Å². The van der Waals surface area contributed by atoms with Crippen molar-refractivity contribution in [2.24, 2.45) is 10.4 Å². The zero-order valence-corrected chi connectivity index (χ0v) is 15.8. The van der Waals surface area contributed by atoms with Crippen molar-refractivity contribution in [1.82, 2.24) is 14.7 Å². The van der Waals surface area contributed by atoms with Crippen LogP contribution in [0.3, 0.4) is 0 Å². The molecule has 0 radical (unpaired) electrons. The minimum Gasteiger partial charge on any atom is -0.349 e. The maximum absolute atomic E-state index is 4.87. The first-order valence-corrected chi connectivity index (χ1v) is 6.90. The van der Waals surface area contributed by atoms with Gasteiger partial charge in [0.15, 0.2) is 5.96 Å². The van der Waals surface area contributed by atoms with Gasteiger partial charge in [-0.2, -0.15) is 0 Å². The van der Waals surface area contributed by atoms with E-state index in [1.54, 1.807) is 0 Å². The van der Waals surface area contributed by atoms with Crippen LogP contribution in [0, 0.1) is 5.41 Å². The predicted molar refractivity (Wildman–Crippen MR) is 94.5 cm³/mol. The number of rotatable bonds is 4. The highest BCUT2D eigenvalue weighted by Gasteiger charge is 2.34. The molecule has 0 heterocycles. The number of aliphatic imine (C=N–C) groups is 1. The molecule has 1 aliphatic rings. The molecular weight excluding hydrogens is 351 g/mol. The Bertz CT molecular complexity index is 271. The molecule has 0 aromatic heterocycles. The average molecular weight is 382 g/mol. The summed E-state index contributed by atoms with van der Waals surface area (Å²) in [5.41, 5.74) is 0.404. The molecule has 0 amide bonds. The fourth-order valence-electron chi connectivity index (χ4n) is 3.08. The normalized spacial score (nSPS) is 17.0. The van der Waals surface area contributed by atoms with Crippen LogP contribution in [0.25, 0.3) is 0 Å². The van der Waals surface area contributed by atoms with Gasteiger partial charge in [-0.25, -0.2) is 0 Å². The monoisotopic (exact) mass is 382 g/mol. The number of guanidine groups is 1. The molecule has 4 nitrogen and oxygen atoms in total. The van der Waals surface area contributed by atoms with E-state index in [0.717, 1.165) is 19.0 Å². The third-order valence-electron chi connectivity index (χ3n) is 3.67. The summed E-state index contributed by atoms with van der Waals surface area (Å²) in [6, 6.07) is 0. The number of halogens is 1. The van der Waals surface area contributed by atoms with E-state index in [9.17, 15) is 0 Å². The third kappa shape index (κ3) is 5.85. The van der Waals surface area contributed by atoms with Gasteiger partial charge in [0.25, 0.3) is 0 Å². The van der Waals surface area contributed by atoms with Crippen LogP contribution in [-0.4, -0.2) is 76.0 Å². The van der Waals surface area contributed by atoms with Gasteiger partial charge in [0.1, 0.15) is 0 Å². The van der Waals surface area contributed by atoms with Gasteiger partial charge in [-0.1, -0.05) is 12.8 Å². The molecule has 5 heteroatoms. The zero-order chi connectivity index (χ0) is 13.8. The van der Waals surface area contributed by atoms with E-state index in [2.05, 4.69) is 57.0 Å². The van der Waals surface area contributed by atoms with Crippen molar-refractivity contribution in [3.63, 3.8) is 0 Å². The fraction of sp³-hybridized carbons (Fsp3) is 0.929. The summed E-state index contributed by atoms with van der Waals surface area (Å²) in [5, 5.41) is 0. The first-order valence-electron chi connectivity index (χ1n) is 6.90. The largest absolute Gasteiger partial charge is 0.349 e. The Morgan fingerprint density at radius 1 is 0.947 bits per heavy atom. The molecule has 0 aromatic rings. The second-order valence-corrected chi connectivity index (χ2v) is 6.35. The molecule has 1 fully saturated rings. The Balaban J connectivity index is 0.00000324. The van der Waals surface area contributed by atoms with Gasteiger partial charge in [0.05, 0.1) is 0 Å². The highest BCUT2D eigenvalue weighted by Crippen LogP contribution is 2.38. The molecule has 1 saturated carbocycles. The molecule has 0 aromatic carbocycles. The third-order valence-corrected chi connectivity index (χ3v) is 3.67. The summed E-state index contributed by atoms with van der Waals surface area (Å²) in [4.78, 5) is 11.4. The van der Waals surface area contributed by atoms with Crippen LogP contribution in [0.2, 0.25) is 0 Å². The first kappa shape index (κ1) is 19.0. The fourth-order valence-corrected chi connectivity index (χ4v) is 3.08. The molecule has 0 aliphatic heterocycles. The summed E-state index contributed by atoms with van der Waals surface area (Å²) in [6.45, 7) is 2.11. The SMILES string of the molecule is CN(C)CC1(CN=C(N(C)C)N(C)C)CCCC1.I. The molecule has 1 rings (SSSR count). The van der Waals surface area contributed by atoms with Crippen LogP contribution < -0.4 is 0 Å². The molecule has 0 unspecified atom stereocenters. The van der Waals surface area contributed by atoms with Crippen LogP contribution in [0.15, 0.2) is 4.99 Å². The van der Waals surface area contributed by atoms with Crippen LogP contribution in [0.5, 0.6) is 0 Å². The lowest BCUT2D eigenvalue weighted by molar-refractivity contribution is 0.209. The number of nitrogens with zero attached hydrogens (tertiary/aromatic N) is 4. The molecular formula is C14H31IN4. The van der Waals surface area contributed by atoms with E-state index >= 15 is 0 Å². The van der Waals surface area contributed by atoms with E-state index in [4.69, 9.17) is 4.99 Å². The van der Waals surface area contributed by atoms with Gasteiger partial charge in [0.2, 0.25) is 0 Å². The summed E-state index contributed by atoms with van der Waals surface area (Å²) in [7, 11) is 12.6. The number of hydrogen-bond acceptors (Lipinski definition) is 2. The topological polar surface area (TPSA) is 22.1 Å². The van der Waals surface area contributed by atoms with Crippen LogP contribution in [-0.2, 0) is 0 Å². The van der Waals surface area contributed by atoms with Crippen molar-refractivity contribution < 1.29 is 0 Å². The molecule has 0 atom stereocenters. The van der Waals surface area contributed by atoms with Gasteiger partial charge in [0, 0.05) is 46.7 Å². The van der Waals surface area contributed by atoms with Gasteiger partial charge in [-0.15, -0.1) is 24.0 Å². The molecule has 0 spiro atoms. The van der Waals surface area contributed by atoms with E-state index in [-0.39, 0.29) is 24.0 Å². The Labute approximate surface area is 136 Å². The Morgan fingerprint density at radius 3 is 1.79 bits per heavy atom. The highest BCUT2D eigenvalue weighted by molar-refractivity contribution is 14.0. The Kier molecular flexibility index (Phi) is 8.27. The van der Waals surface area contributed by atoms with E-state index in [0.29, 0.717) is 5.41 Å². The smallest absolute Gasteiger partial charge is 0.195 e. The standard InChI is InChI=1S/C14H30N4.HI/c1-16(2)12-14(9-7-8-10-14)11-15-13(17(3)4)18(5)6;/h7-12H2,1-6H3;1H. The maximum Gasteiger partial charge on any atom is 0.195 e. The lowest BCUT2D eigenvalue weighted by Gasteiger charge is -2.32. The summed E-state index contributed by atoms with van der Waals surface area (Å²) in [6.07, 6.45) is 5.37. The predicted octanol–water partition coefficient (Wildman–Crippen LogP) is 2.21. The average Bonchev–Trinajstić information content (AvgIpc) is 2.64. The van der Waals surface area contributed by atoms with Gasteiger partial charge >= 0.3 is 0 Å². The second-order valence-electron chi connectivity index (χ2n) is 6.35. The lowest BCUT2D eigenvalue weighted by Crippen LogP contribution is -2.38. The van der Waals surface area contributed by atoms with Gasteiger partial charge < -0.3 is 14.7 Å². The minimum absolute atomic E-state index is 0. The Morgan fingerprint density at radius 2 is 1.42 bits per heavy atom. The van der Waals surface area contributed by atoms with Crippen LogP contribution >= 0.6 is 24.0 Å². The van der Waals surface area contributed by atoms with E-state index in [1.807, 2.05) is 0 Å². The van der Waals surface area contributed by atoms with Crippen molar-refractivity contribution in [3.05, 3.63) is 0 Å². The summed E-state index contributed by atoms with van der Waals surface area (Å²) < 4.78 is 0. The van der Waals surface area contributed by atoms with Crippen molar-refractivity contribution in [1.29, 1.82) is 0 Å². The van der Waals surface area contributed by atoms with Crippen LogP contribution in [0.1, 0.15) is 25.7 Å². The Hall–Kier alpha value is -0.0400. The summed E-state index contributed by atoms with van der Waals surface area (Å²) >= 11 is 0. The van der Waals surface area contributed by atoms with Crippen LogP contribution in [0.4, 0.5) is 0 Å². The number of hydrogen-bond donors (Lipinski definition) is 0. The van der Waals surface area contributed by atoms with Crippen molar-refractivity contribution in [3.8, 4) is 0 Å². The molecule has 0 saturated heterocycles. The lowest BCUT2D eigenvalue weighted by atomic mass is 9.86. The second kappa shape index (κ2) is 8.29. The van der Waals surface area contributed by atoms with Crippen molar-refractivity contribution >= 4 is 29.9 Å². The minimum atomic E-state index is 0. The van der Waals surface area contributed by atoms with E-state index < -0.39 is 0 Å². The summed E-state index contributed by atoms with van der Waals surface area (Å²) in [5.74, 6) is 1.07. The maximum atomic E-state index is 4.87. The van der Waals surface area contributed by atoms with Crippen molar-refractivity contribution in [2.75, 3.05) is 55.4 Å². The molecule has 1 aliphatic carbocycles. The zero-order valence-electron chi connectivity index (χ0n) is 13.4. The van der Waals surface area contributed by atoms with Gasteiger partial charge in [-0.3, -0.25) is 4.99 Å². The first-order chi connectivity index (χ1) is 8.36. The molecule has 114 valence electrons. The van der Waals surface area contributed by atoms with Crippen molar-refractivity contribution in [2.45, 2.75) is 25.7 Å². The molecule has 0 N–H and O–H groups in total. The molecule has 19 heavy (non-hydrogen) atoms. The molecule has 0 bridgehead atoms. The highest BCUT2D eigenvalue weighted by atomic mass is 127. The van der Waals surface area contributed by atoms with E-state index in [1.165, 1.54) is 25.7 Å².